The van der Waals surface area contributed by atoms with Gasteiger partial charge in [-0.05, 0) is 37.0 Å². The number of hydrogen-bond acceptors (Lipinski definition) is 3. The maximum atomic E-state index is 12.0. The zero-order valence-electron chi connectivity index (χ0n) is 12.8. The summed E-state index contributed by atoms with van der Waals surface area (Å²) in [5.74, 6) is 0.656. The minimum absolute atomic E-state index is 0.0472. The van der Waals surface area contributed by atoms with E-state index in [-0.39, 0.29) is 5.91 Å². The predicted octanol–water partition coefficient (Wildman–Crippen LogP) is 3.34. The molecule has 2 unspecified atom stereocenters. The van der Waals surface area contributed by atoms with E-state index in [4.69, 9.17) is 0 Å². The van der Waals surface area contributed by atoms with E-state index >= 15 is 0 Å². The summed E-state index contributed by atoms with van der Waals surface area (Å²) >= 11 is 0. The number of rotatable bonds is 3. The minimum Gasteiger partial charge on any atom is -0.350 e. The average molecular weight is 295 g/mol. The lowest BCUT2D eigenvalue weighted by Crippen LogP contribution is -2.36. The van der Waals surface area contributed by atoms with Crippen molar-refractivity contribution >= 4 is 23.0 Å². The van der Waals surface area contributed by atoms with Gasteiger partial charge in [-0.2, -0.15) is 0 Å². The van der Waals surface area contributed by atoms with Crippen LogP contribution in [0, 0.1) is 5.92 Å². The number of carbonyl (C=O) groups excluding carboxylic acids is 1. The van der Waals surface area contributed by atoms with Gasteiger partial charge in [0.15, 0.2) is 0 Å². The molecule has 3 rings (SSSR count). The summed E-state index contributed by atoms with van der Waals surface area (Å²) in [6.07, 6.45) is 9.60. The molecule has 1 aromatic carbocycles. The lowest BCUT2D eigenvalue weighted by molar-refractivity contribution is -0.117. The van der Waals surface area contributed by atoms with Crippen molar-refractivity contribution in [1.82, 2.24) is 15.3 Å². The fourth-order valence-corrected chi connectivity index (χ4v) is 3.03. The molecule has 4 heteroatoms. The Kier molecular flexibility index (Phi) is 4.47. The number of para-hydroxylation sites is 2. The van der Waals surface area contributed by atoms with E-state index in [1.54, 1.807) is 18.3 Å². The fourth-order valence-electron chi connectivity index (χ4n) is 3.03. The predicted molar refractivity (Wildman–Crippen MR) is 88.1 cm³/mol. The Morgan fingerprint density at radius 3 is 2.91 bits per heavy atom. The van der Waals surface area contributed by atoms with Crippen LogP contribution in [0.5, 0.6) is 0 Å². The molecule has 0 aliphatic heterocycles. The second kappa shape index (κ2) is 6.69. The number of nitrogens with one attached hydrogen (secondary N) is 1. The van der Waals surface area contributed by atoms with Crippen LogP contribution >= 0.6 is 0 Å². The van der Waals surface area contributed by atoms with Crippen LogP contribution < -0.4 is 5.32 Å². The smallest absolute Gasteiger partial charge is 0.244 e. The highest BCUT2D eigenvalue weighted by molar-refractivity contribution is 5.91. The van der Waals surface area contributed by atoms with Gasteiger partial charge in [0.1, 0.15) is 0 Å². The first kappa shape index (κ1) is 14.7. The molecule has 1 amide bonds. The molecule has 0 radical (unpaired) electrons. The molecule has 1 fully saturated rings. The average Bonchev–Trinajstić information content (AvgIpc) is 2.53. The molecule has 0 bridgehead atoms. The second-order valence-electron chi connectivity index (χ2n) is 6.09. The van der Waals surface area contributed by atoms with Gasteiger partial charge in [0.25, 0.3) is 0 Å². The number of hydrogen-bond donors (Lipinski definition) is 1. The van der Waals surface area contributed by atoms with E-state index in [2.05, 4.69) is 22.2 Å². The van der Waals surface area contributed by atoms with Gasteiger partial charge in [0, 0.05) is 12.1 Å². The highest BCUT2D eigenvalue weighted by Crippen LogP contribution is 2.23. The Morgan fingerprint density at radius 2 is 2.09 bits per heavy atom. The highest BCUT2D eigenvalue weighted by atomic mass is 16.1. The van der Waals surface area contributed by atoms with E-state index < -0.39 is 0 Å². The minimum atomic E-state index is -0.0472. The van der Waals surface area contributed by atoms with Crippen LogP contribution in [0.1, 0.15) is 38.3 Å². The highest BCUT2D eigenvalue weighted by Gasteiger charge is 2.19. The topological polar surface area (TPSA) is 54.9 Å². The van der Waals surface area contributed by atoms with E-state index in [0.29, 0.717) is 17.7 Å². The SMILES string of the molecule is CC1CCCC(NC(=O)/C=C/c2cnc3ccccc3n2)C1. The van der Waals surface area contributed by atoms with Crippen LogP contribution in [0.4, 0.5) is 0 Å². The Morgan fingerprint density at radius 1 is 1.27 bits per heavy atom. The molecule has 114 valence electrons. The third kappa shape index (κ3) is 3.70. The standard InChI is InChI=1S/C18H21N3O/c1-13-5-4-6-14(11-13)21-18(22)10-9-15-12-19-16-7-2-3-8-17(16)20-15/h2-3,7-10,12-14H,4-6,11H2,1H3,(H,21,22)/b10-9+. The van der Waals surface area contributed by atoms with Crippen molar-refractivity contribution in [2.75, 3.05) is 0 Å². The van der Waals surface area contributed by atoms with Gasteiger partial charge in [-0.25, -0.2) is 4.98 Å². The van der Waals surface area contributed by atoms with Crippen LogP contribution in [0.2, 0.25) is 0 Å². The van der Waals surface area contributed by atoms with E-state index in [9.17, 15) is 4.79 Å². The molecule has 1 heterocycles. The summed E-state index contributed by atoms with van der Waals surface area (Å²) in [6, 6.07) is 8.02. The van der Waals surface area contributed by atoms with Gasteiger partial charge in [-0.3, -0.25) is 9.78 Å². The van der Waals surface area contributed by atoms with Gasteiger partial charge in [-0.1, -0.05) is 31.9 Å². The molecule has 22 heavy (non-hydrogen) atoms. The Hall–Kier alpha value is -2.23. The van der Waals surface area contributed by atoms with E-state index in [1.165, 1.54) is 12.8 Å². The van der Waals surface area contributed by atoms with Gasteiger partial charge >= 0.3 is 0 Å². The Balaban J connectivity index is 1.63. The molecule has 2 atom stereocenters. The number of aromatic nitrogens is 2. The fraction of sp³-hybridized carbons (Fsp3) is 0.389. The van der Waals surface area contributed by atoms with Crippen LogP contribution in [-0.2, 0) is 4.79 Å². The van der Waals surface area contributed by atoms with Crippen molar-refractivity contribution < 1.29 is 4.79 Å². The van der Waals surface area contributed by atoms with Crippen LogP contribution in [0.25, 0.3) is 17.1 Å². The molecular formula is C18H21N3O. The van der Waals surface area contributed by atoms with Crippen molar-refractivity contribution in [2.24, 2.45) is 5.92 Å². The number of amides is 1. The van der Waals surface area contributed by atoms with Crippen molar-refractivity contribution in [3.05, 3.63) is 42.2 Å². The number of fused-ring (bicyclic) bond motifs is 1. The molecule has 1 aromatic heterocycles. The molecule has 0 saturated heterocycles. The van der Waals surface area contributed by atoms with Crippen LogP contribution in [0.15, 0.2) is 36.5 Å². The largest absolute Gasteiger partial charge is 0.350 e. The van der Waals surface area contributed by atoms with Gasteiger partial charge in [0.05, 0.1) is 22.9 Å². The molecule has 0 spiro atoms. The Labute approximate surface area is 130 Å². The first-order valence-corrected chi connectivity index (χ1v) is 7.91. The van der Waals surface area contributed by atoms with Crippen molar-refractivity contribution in [3.63, 3.8) is 0 Å². The molecule has 1 saturated carbocycles. The van der Waals surface area contributed by atoms with Crippen molar-refractivity contribution in [2.45, 2.75) is 38.6 Å². The first-order chi connectivity index (χ1) is 10.7. The van der Waals surface area contributed by atoms with Gasteiger partial charge in [0.2, 0.25) is 5.91 Å². The van der Waals surface area contributed by atoms with Crippen molar-refractivity contribution in [1.29, 1.82) is 0 Å². The van der Waals surface area contributed by atoms with Crippen molar-refractivity contribution in [3.8, 4) is 0 Å². The quantitative estimate of drug-likeness (QED) is 0.884. The monoisotopic (exact) mass is 295 g/mol. The van der Waals surface area contributed by atoms with Gasteiger partial charge in [-0.15, -0.1) is 0 Å². The zero-order chi connectivity index (χ0) is 15.4. The maximum Gasteiger partial charge on any atom is 0.244 e. The third-order valence-electron chi connectivity index (χ3n) is 4.16. The number of benzene rings is 1. The second-order valence-corrected chi connectivity index (χ2v) is 6.09. The summed E-state index contributed by atoms with van der Waals surface area (Å²) in [6.45, 7) is 2.25. The normalized spacial score (nSPS) is 22.0. The summed E-state index contributed by atoms with van der Waals surface area (Å²) in [7, 11) is 0. The zero-order valence-corrected chi connectivity index (χ0v) is 12.8. The van der Waals surface area contributed by atoms with E-state index in [1.807, 2.05) is 24.3 Å². The number of carbonyl (C=O) groups is 1. The Bertz CT molecular complexity index is 696. The molecule has 1 aliphatic rings. The summed E-state index contributed by atoms with van der Waals surface area (Å²) in [5.41, 5.74) is 2.40. The summed E-state index contributed by atoms with van der Waals surface area (Å²) in [5, 5.41) is 3.08. The van der Waals surface area contributed by atoms with Crippen LogP contribution in [0.3, 0.4) is 0 Å². The molecule has 2 aromatic rings. The van der Waals surface area contributed by atoms with E-state index in [0.717, 1.165) is 23.9 Å². The lowest BCUT2D eigenvalue weighted by Gasteiger charge is -2.26. The van der Waals surface area contributed by atoms with Gasteiger partial charge < -0.3 is 5.32 Å². The molecule has 4 nitrogen and oxygen atoms in total. The lowest BCUT2D eigenvalue weighted by atomic mass is 9.87. The van der Waals surface area contributed by atoms with Crippen LogP contribution in [-0.4, -0.2) is 21.9 Å². The third-order valence-corrected chi connectivity index (χ3v) is 4.16. The maximum absolute atomic E-state index is 12.0. The molecule has 1 aliphatic carbocycles. The summed E-state index contributed by atoms with van der Waals surface area (Å²) < 4.78 is 0. The number of nitrogens with zero attached hydrogens (tertiary/aromatic N) is 2. The molecule has 1 N–H and O–H groups in total. The molecular weight excluding hydrogens is 274 g/mol. The summed E-state index contributed by atoms with van der Waals surface area (Å²) in [4.78, 5) is 20.8. The first-order valence-electron chi connectivity index (χ1n) is 7.91.